The number of thiophene rings is 1. The Morgan fingerprint density at radius 1 is 1.14 bits per heavy atom. The zero-order chi connectivity index (χ0) is 19.8. The number of carbonyl (C=O) groups is 1. The number of hydrogen-bond donors (Lipinski definition) is 0. The predicted octanol–water partition coefficient (Wildman–Crippen LogP) is 6.65. The second kappa shape index (κ2) is 7.59. The molecule has 0 aliphatic carbocycles. The van der Waals surface area contributed by atoms with Crippen molar-refractivity contribution in [1.29, 1.82) is 0 Å². The first kappa shape index (κ1) is 19.0. The number of nitrogens with zero attached hydrogens (tertiary/aromatic N) is 2. The van der Waals surface area contributed by atoms with E-state index in [9.17, 15) is 4.79 Å². The molecule has 0 spiro atoms. The van der Waals surface area contributed by atoms with Crippen LogP contribution in [0.2, 0.25) is 0 Å². The Morgan fingerprint density at radius 2 is 1.93 bits per heavy atom. The number of ketones is 1. The first-order valence-electron chi connectivity index (χ1n) is 10.3. The van der Waals surface area contributed by atoms with E-state index in [4.69, 9.17) is 0 Å². The van der Waals surface area contributed by atoms with Gasteiger partial charge in [0.1, 0.15) is 4.83 Å². The van der Waals surface area contributed by atoms with E-state index in [0.29, 0.717) is 5.92 Å². The second-order valence-electron chi connectivity index (χ2n) is 7.79. The van der Waals surface area contributed by atoms with Gasteiger partial charge in [-0.25, -0.2) is 0 Å². The van der Waals surface area contributed by atoms with Crippen molar-refractivity contribution in [3.8, 4) is 0 Å². The lowest BCUT2D eigenvalue weighted by atomic mass is 10.0. The maximum atomic E-state index is 13.8. The van der Waals surface area contributed by atoms with Crippen LogP contribution in [0.15, 0.2) is 41.8 Å². The van der Waals surface area contributed by atoms with Gasteiger partial charge in [0, 0.05) is 35.1 Å². The summed E-state index contributed by atoms with van der Waals surface area (Å²) in [6, 6.07) is 12.5. The van der Waals surface area contributed by atoms with Gasteiger partial charge in [-0.05, 0) is 42.8 Å². The average molecular weight is 393 g/mol. The van der Waals surface area contributed by atoms with Crippen LogP contribution in [0.25, 0.3) is 21.1 Å². The van der Waals surface area contributed by atoms with Crippen molar-refractivity contribution in [2.24, 2.45) is 5.92 Å². The van der Waals surface area contributed by atoms with Crippen LogP contribution in [0.3, 0.4) is 0 Å². The van der Waals surface area contributed by atoms with Gasteiger partial charge >= 0.3 is 0 Å². The number of rotatable bonds is 7. The van der Waals surface area contributed by atoms with Gasteiger partial charge in [-0.3, -0.25) is 4.79 Å². The van der Waals surface area contributed by atoms with E-state index in [1.165, 1.54) is 10.2 Å². The molecule has 0 fully saturated rings. The lowest BCUT2D eigenvalue weighted by Gasteiger charge is -2.14. The van der Waals surface area contributed by atoms with Crippen LogP contribution in [0, 0.1) is 12.8 Å². The lowest BCUT2D eigenvalue weighted by Crippen LogP contribution is -2.15. The van der Waals surface area contributed by atoms with Crippen LogP contribution in [0.5, 0.6) is 0 Å². The highest BCUT2D eigenvalue weighted by Gasteiger charge is 2.25. The number of aryl methyl sites for hydroxylation is 1. The molecule has 3 aromatic heterocycles. The maximum absolute atomic E-state index is 13.8. The number of benzene rings is 1. The minimum Gasteiger partial charge on any atom is -0.344 e. The van der Waals surface area contributed by atoms with E-state index >= 15 is 0 Å². The summed E-state index contributed by atoms with van der Waals surface area (Å²) in [7, 11) is 0. The Kier molecular flexibility index (Phi) is 5.15. The fourth-order valence-corrected chi connectivity index (χ4v) is 5.05. The quantitative estimate of drug-likeness (QED) is 0.323. The largest absolute Gasteiger partial charge is 0.344 e. The summed E-state index contributed by atoms with van der Waals surface area (Å²) in [6.07, 6.45) is 2.15. The van der Waals surface area contributed by atoms with Crippen LogP contribution < -0.4 is 0 Å². The van der Waals surface area contributed by atoms with Crippen LogP contribution in [0.4, 0.5) is 0 Å². The Balaban J connectivity index is 1.90. The van der Waals surface area contributed by atoms with Crippen molar-refractivity contribution < 1.29 is 4.79 Å². The van der Waals surface area contributed by atoms with Gasteiger partial charge in [-0.1, -0.05) is 45.4 Å². The minimum atomic E-state index is 0.148. The summed E-state index contributed by atoms with van der Waals surface area (Å²) >= 11 is 1.73. The van der Waals surface area contributed by atoms with Crippen molar-refractivity contribution >= 4 is 38.2 Å². The van der Waals surface area contributed by atoms with E-state index in [2.05, 4.69) is 72.5 Å². The molecule has 0 aliphatic heterocycles. The van der Waals surface area contributed by atoms with Crippen LogP contribution >= 0.6 is 11.3 Å². The molecule has 0 saturated heterocycles. The molecule has 3 heterocycles. The topological polar surface area (TPSA) is 26.9 Å². The monoisotopic (exact) mass is 392 g/mol. The molecule has 4 rings (SSSR count). The fraction of sp³-hybridized carbons (Fsp3) is 0.375. The van der Waals surface area contributed by atoms with E-state index in [1.807, 2.05) is 6.07 Å². The molecule has 0 aliphatic rings. The molecule has 1 aromatic carbocycles. The zero-order valence-electron chi connectivity index (χ0n) is 17.2. The second-order valence-corrected chi connectivity index (χ2v) is 8.69. The first-order chi connectivity index (χ1) is 13.6. The summed E-state index contributed by atoms with van der Waals surface area (Å²) in [5.74, 6) is 0.682. The minimum absolute atomic E-state index is 0.148. The van der Waals surface area contributed by atoms with Crippen molar-refractivity contribution in [3.63, 3.8) is 0 Å². The number of fused-ring (bicyclic) bond motifs is 2. The molecular weight excluding hydrogens is 364 g/mol. The molecular formula is C24H28N2OS. The summed E-state index contributed by atoms with van der Waals surface area (Å²) in [5, 5.41) is 4.36. The molecule has 0 N–H and O–H groups in total. The summed E-state index contributed by atoms with van der Waals surface area (Å²) < 4.78 is 4.55. The molecule has 146 valence electrons. The number of hydrogen-bond acceptors (Lipinski definition) is 2. The Hall–Kier alpha value is -2.33. The molecule has 1 unspecified atom stereocenters. The summed E-state index contributed by atoms with van der Waals surface area (Å²) in [6.45, 7) is 10.6. The Bertz CT molecular complexity index is 1140. The molecule has 0 saturated carbocycles. The highest BCUT2D eigenvalue weighted by atomic mass is 32.1. The summed E-state index contributed by atoms with van der Waals surface area (Å²) in [4.78, 5) is 15.0. The van der Waals surface area contributed by atoms with Gasteiger partial charge in [-0.15, -0.1) is 11.3 Å². The van der Waals surface area contributed by atoms with Gasteiger partial charge in [0.05, 0.1) is 11.3 Å². The Morgan fingerprint density at radius 3 is 2.68 bits per heavy atom. The molecule has 4 aromatic rings. The normalized spacial score (nSPS) is 12.9. The standard InChI is InChI=1S/C24H28N2OS/c1-5-12-25-17(4)22(19-9-7-8-10-20(19)25)23(27)21-14-18-11-13-28-24(18)26(21)15-16(3)6-2/h7-11,13-14,16H,5-6,12,15H2,1-4H3. The van der Waals surface area contributed by atoms with Crippen LogP contribution in [-0.2, 0) is 13.1 Å². The highest BCUT2D eigenvalue weighted by molar-refractivity contribution is 7.16. The molecule has 4 heteroatoms. The first-order valence-corrected chi connectivity index (χ1v) is 11.1. The molecule has 28 heavy (non-hydrogen) atoms. The van der Waals surface area contributed by atoms with Crippen molar-refractivity contribution in [1.82, 2.24) is 9.13 Å². The van der Waals surface area contributed by atoms with E-state index in [1.54, 1.807) is 11.3 Å². The van der Waals surface area contributed by atoms with Gasteiger partial charge in [-0.2, -0.15) is 0 Å². The van der Waals surface area contributed by atoms with E-state index < -0.39 is 0 Å². The van der Waals surface area contributed by atoms with Crippen molar-refractivity contribution in [3.05, 3.63) is 58.7 Å². The van der Waals surface area contributed by atoms with Crippen LogP contribution in [0.1, 0.15) is 55.4 Å². The van der Waals surface area contributed by atoms with Crippen LogP contribution in [-0.4, -0.2) is 14.9 Å². The third-order valence-electron chi connectivity index (χ3n) is 5.83. The van der Waals surface area contributed by atoms with E-state index in [0.717, 1.165) is 53.8 Å². The molecule has 3 nitrogen and oxygen atoms in total. The smallest absolute Gasteiger partial charge is 0.211 e. The van der Waals surface area contributed by atoms with Crippen molar-refractivity contribution in [2.75, 3.05) is 0 Å². The SMILES string of the molecule is CCCn1c(C)c(C(=O)c2cc3ccsc3n2CC(C)CC)c2ccccc21. The van der Waals surface area contributed by atoms with Gasteiger partial charge in [0.25, 0.3) is 0 Å². The maximum Gasteiger partial charge on any atom is 0.211 e. The van der Waals surface area contributed by atoms with E-state index in [-0.39, 0.29) is 5.78 Å². The van der Waals surface area contributed by atoms with Gasteiger partial charge in [0.15, 0.2) is 0 Å². The predicted molar refractivity (Wildman–Crippen MR) is 120 cm³/mol. The lowest BCUT2D eigenvalue weighted by molar-refractivity contribution is 0.103. The fourth-order valence-electron chi connectivity index (χ4n) is 4.14. The highest BCUT2D eigenvalue weighted by Crippen LogP contribution is 2.32. The van der Waals surface area contributed by atoms with Crippen molar-refractivity contribution in [2.45, 2.75) is 53.6 Å². The van der Waals surface area contributed by atoms with Gasteiger partial charge in [0.2, 0.25) is 5.78 Å². The molecule has 1 atom stereocenters. The Labute approximate surface area is 170 Å². The third kappa shape index (κ3) is 3.00. The van der Waals surface area contributed by atoms with Gasteiger partial charge < -0.3 is 9.13 Å². The molecule has 0 amide bonds. The molecule has 0 radical (unpaired) electrons. The number of para-hydroxylation sites is 1. The zero-order valence-corrected chi connectivity index (χ0v) is 18.0. The number of aromatic nitrogens is 2. The average Bonchev–Trinajstić information content (AvgIpc) is 3.36. The summed E-state index contributed by atoms with van der Waals surface area (Å²) in [5.41, 5.74) is 3.92. The number of carbonyl (C=O) groups excluding carboxylic acids is 1. The third-order valence-corrected chi connectivity index (χ3v) is 6.78. The molecule has 0 bridgehead atoms.